The van der Waals surface area contributed by atoms with E-state index in [1.807, 2.05) is 72.8 Å². The van der Waals surface area contributed by atoms with Gasteiger partial charge in [-0.3, -0.25) is 0 Å². The molecule has 3 N–H and O–H groups in total. The van der Waals surface area contributed by atoms with E-state index in [-0.39, 0.29) is 0 Å². The number of rotatable bonds is 3. The van der Waals surface area contributed by atoms with Crippen LogP contribution in [-0.2, 0) is 0 Å². The smallest absolute Gasteiger partial charge is 0.164 e. The number of nitrogens with one attached hydrogen (secondary N) is 1. The highest BCUT2D eigenvalue weighted by Gasteiger charge is 2.11. The first-order valence-electron chi connectivity index (χ1n) is 7.85. The normalized spacial score (nSPS) is 10.8. The van der Waals surface area contributed by atoms with Crippen molar-refractivity contribution in [1.82, 2.24) is 9.97 Å². The Hall–Kier alpha value is -2.92. The van der Waals surface area contributed by atoms with E-state index in [1.54, 1.807) is 0 Å². The molecule has 122 valence electrons. The number of benzene rings is 3. The molecule has 5 heteroatoms. The molecule has 0 radical (unpaired) electrons. The molecule has 0 aliphatic heterocycles. The molecule has 1 aromatic heterocycles. The van der Waals surface area contributed by atoms with Gasteiger partial charge in [-0.25, -0.2) is 9.97 Å². The molecular weight excluding hydrogens is 376 g/mol. The molecule has 0 aliphatic rings. The molecule has 0 saturated heterocycles. The monoisotopic (exact) mass is 390 g/mol. The molecule has 0 saturated carbocycles. The highest BCUT2D eigenvalue weighted by atomic mass is 79.9. The van der Waals surface area contributed by atoms with Gasteiger partial charge in [-0.15, -0.1) is 0 Å². The number of fused-ring (bicyclic) bond motifs is 1. The van der Waals surface area contributed by atoms with Crippen LogP contribution in [-0.4, -0.2) is 9.97 Å². The van der Waals surface area contributed by atoms with Gasteiger partial charge in [0.15, 0.2) is 5.82 Å². The Morgan fingerprint density at radius 2 is 1.52 bits per heavy atom. The Labute approximate surface area is 153 Å². The minimum absolute atomic E-state index is 0.608. The minimum Gasteiger partial charge on any atom is -0.398 e. The van der Waals surface area contributed by atoms with Crippen molar-refractivity contribution in [2.75, 3.05) is 11.1 Å². The molecule has 1 heterocycles. The highest BCUT2D eigenvalue weighted by Crippen LogP contribution is 2.29. The summed E-state index contributed by atoms with van der Waals surface area (Å²) < 4.78 is 1.03. The van der Waals surface area contributed by atoms with Crippen LogP contribution in [0.15, 0.2) is 77.3 Å². The lowest BCUT2D eigenvalue weighted by Crippen LogP contribution is -2.00. The molecule has 25 heavy (non-hydrogen) atoms. The lowest BCUT2D eigenvalue weighted by molar-refractivity contribution is 1.22. The van der Waals surface area contributed by atoms with Gasteiger partial charge in [0.1, 0.15) is 5.82 Å². The van der Waals surface area contributed by atoms with Crippen LogP contribution in [0.3, 0.4) is 0 Å². The molecule has 0 aliphatic carbocycles. The Morgan fingerprint density at radius 1 is 0.800 bits per heavy atom. The molecule has 4 nitrogen and oxygen atoms in total. The van der Waals surface area contributed by atoms with Gasteiger partial charge in [0, 0.05) is 26.8 Å². The van der Waals surface area contributed by atoms with Gasteiger partial charge >= 0.3 is 0 Å². The van der Waals surface area contributed by atoms with E-state index in [0.29, 0.717) is 11.5 Å². The van der Waals surface area contributed by atoms with Crippen LogP contribution >= 0.6 is 15.9 Å². The van der Waals surface area contributed by atoms with Crippen molar-refractivity contribution in [2.24, 2.45) is 0 Å². The summed E-state index contributed by atoms with van der Waals surface area (Å²) in [5.41, 5.74) is 9.42. The van der Waals surface area contributed by atoms with Crippen molar-refractivity contribution in [3.63, 3.8) is 0 Å². The fourth-order valence-electron chi connectivity index (χ4n) is 2.66. The van der Waals surface area contributed by atoms with Crippen molar-refractivity contribution in [2.45, 2.75) is 0 Å². The SMILES string of the molecule is Nc1ccccc1-c1nc(Nc2ccc(Br)cc2)c2ccccc2n1. The van der Waals surface area contributed by atoms with Crippen LogP contribution in [0.5, 0.6) is 0 Å². The third-order valence-electron chi connectivity index (χ3n) is 3.91. The van der Waals surface area contributed by atoms with E-state index >= 15 is 0 Å². The largest absolute Gasteiger partial charge is 0.398 e. The average Bonchev–Trinajstić information content (AvgIpc) is 2.64. The van der Waals surface area contributed by atoms with E-state index in [1.165, 1.54) is 0 Å². The van der Waals surface area contributed by atoms with Gasteiger partial charge in [0.05, 0.1) is 5.52 Å². The molecular formula is C20H15BrN4. The summed E-state index contributed by atoms with van der Waals surface area (Å²) in [6, 6.07) is 23.5. The maximum Gasteiger partial charge on any atom is 0.164 e. The van der Waals surface area contributed by atoms with E-state index < -0.39 is 0 Å². The maximum absolute atomic E-state index is 6.11. The van der Waals surface area contributed by atoms with Gasteiger partial charge < -0.3 is 11.1 Å². The van der Waals surface area contributed by atoms with E-state index in [2.05, 4.69) is 26.2 Å². The molecule has 0 bridgehead atoms. The molecule has 0 amide bonds. The number of nitrogen functional groups attached to an aromatic ring is 1. The zero-order chi connectivity index (χ0) is 17.2. The van der Waals surface area contributed by atoms with E-state index in [0.717, 1.165) is 32.4 Å². The van der Waals surface area contributed by atoms with Gasteiger partial charge in [-0.05, 0) is 48.5 Å². The molecule has 4 aromatic rings. The Morgan fingerprint density at radius 3 is 2.32 bits per heavy atom. The summed E-state index contributed by atoms with van der Waals surface area (Å²) in [4.78, 5) is 9.42. The third kappa shape index (κ3) is 3.19. The molecule has 3 aromatic carbocycles. The first-order chi connectivity index (χ1) is 12.2. The third-order valence-corrected chi connectivity index (χ3v) is 4.44. The Balaban J connectivity index is 1.87. The fourth-order valence-corrected chi connectivity index (χ4v) is 2.93. The summed E-state index contributed by atoms with van der Waals surface area (Å²) >= 11 is 3.45. The molecule has 0 fully saturated rings. The van der Waals surface area contributed by atoms with E-state index in [9.17, 15) is 0 Å². The van der Waals surface area contributed by atoms with Crippen molar-refractivity contribution in [1.29, 1.82) is 0 Å². The number of para-hydroxylation sites is 2. The van der Waals surface area contributed by atoms with Gasteiger partial charge in [0.2, 0.25) is 0 Å². The van der Waals surface area contributed by atoms with Gasteiger partial charge in [-0.1, -0.05) is 40.2 Å². The molecule has 0 unspecified atom stereocenters. The van der Waals surface area contributed by atoms with Crippen LogP contribution in [0, 0.1) is 0 Å². The van der Waals surface area contributed by atoms with Crippen LogP contribution in [0.25, 0.3) is 22.3 Å². The van der Waals surface area contributed by atoms with Crippen molar-refractivity contribution in [3.8, 4) is 11.4 Å². The zero-order valence-electron chi connectivity index (χ0n) is 13.3. The summed E-state index contributed by atoms with van der Waals surface area (Å²) in [7, 11) is 0. The van der Waals surface area contributed by atoms with E-state index in [4.69, 9.17) is 10.7 Å². The number of anilines is 3. The standard InChI is InChI=1S/C20H15BrN4/c21-13-9-11-14(12-10-13)23-20-16-6-2-4-8-18(16)24-19(25-20)15-5-1-3-7-17(15)22/h1-12H,22H2,(H,23,24,25). The second-order valence-electron chi connectivity index (χ2n) is 5.63. The lowest BCUT2D eigenvalue weighted by Gasteiger charge is -2.12. The summed E-state index contributed by atoms with van der Waals surface area (Å²) in [6.45, 7) is 0. The number of aromatic nitrogens is 2. The number of hydrogen-bond acceptors (Lipinski definition) is 4. The Kier molecular flexibility index (Phi) is 4.07. The van der Waals surface area contributed by atoms with Crippen LogP contribution in [0.4, 0.5) is 17.2 Å². The first-order valence-corrected chi connectivity index (χ1v) is 8.64. The van der Waals surface area contributed by atoms with Crippen LogP contribution < -0.4 is 11.1 Å². The molecule has 4 rings (SSSR count). The quantitative estimate of drug-likeness (QED) is 0.460. The lowest BCUT2D eigenvalue weighted by atomic mass is 10.1. The summed E-state index contributed by atoms with van der Waals surface area (Å²) in [5, 5.41) is 4.35. The fraction of sp³-hybridized carbons (Fsp3) is 0. The Bertz CT molecular complexity index is 1040. The topological polar surface area (TPSA) is 63.8 Å². The van der Waals surface area contributed by atoms with Crippen molar-refractivity contribution in [3.05, 3.63) is 77.3 Å². The second kappa shape index (κ2) is 6.53. The number of nitrogens with zero attached hydrogens (tertiary/aromatic N) is 2. The van der Waals surface area contributed by atoms with Crippen LogP contribution in [0.2, 0.25) is 0 Å². The van der Waals surface area contributed by atoms with Gasteiger partial charge in [-0.2, -0.15) is 0 Å². The first kappa shape index (κ1) is 15.6. The molecule has 0 spiro atoms. The number of halogens is 1. The average molecular weight is 391 g/mol. The predicted octanol–water partition coefficient (Wildman–Crippen LogP) is 5.39. The van der Waals surface area contributed by atoms with Crippen LogP contribution in [0.1, 0.15) is 0 Å². The number of hydrogen-bond donors (Lipinski definition) is 2. The predicted molar refractivity (Wildman–Crippen MR) is 107 cm³/mol. The maximum atomic E-state index is 6.11. The highest BCUT2D eigenvalue weighted by molar-refractivity contribution is 9.10. The molecule has 0 atom stereocenters. The summed E-state index contributed by atoms with van der Waals surface area (Å²) in [5.74, 6) is 1.36. The zero-order valence-corrected chi connectivity index (χ0v) is 14.9. The summed E-state index contributed by atoms with van der Waals surface area (Å²) in [6.07, 6.45) is 0. The van der Waals surface area contributed by atoms with Gasteiger partial charge in [0.25, 0.3) is 0 Å². The van der Waals surface area contributed by atoms with Crippen molar-refractivity contribution < 1.29 is 0 Å². The second-order valence-corrected chi connectivity index (χ2v) is 6.55. The van der Waals surface area contributed by atoms with Crippen molar-refractivity contribution >= 4 is 44.0 Å². The minimum atomic E-state index is 0.608. The number of nitrogens with two attached hydrogens (primary N) is 1.